The zero-order valence-corrected chi connectivity index (χ0v) is 14.0. The maximum absolute atomic E-state index is 12.7. The van der Waals surface area contributed by atoms with E-state index < -0.39 is 10.0 Å². The van der Waals surface area contributed by atoms with Crippen molar-refractivity contribution in [3.63, 3.8) is 0 Å². The lowest BCUT2D eigenvalue weighted by atomic mass is 10.0. The second-order valence-electron chi connectivity index (χ2n) is 6.25. The topological polar surface area (TPSA) is 75.7 Å². The van der Waals surface area contributed by atoms with E-state index in [2.05, 4.69) is 4.72 Å². The first-order valence-corrected chi connectivity index (χ1v) is 9.75. The van der Waals surface area contributed by atoms with Crippen LogP contribution >= 0.6 is 0 Å². The van der Waals surface area contributed by atoms with Crippen LogP contribution < -0.4 is 4.72 Å². The third-order valence-corrected chi connectivity index (χ3v) is 5.14. The lowest BCUT2D eigenvalue weighted by molar-refractivity contribution is -0.133. The summed E-state index contributed by atoms with van der Waals surface area (Å²) in [6.45, 7) is 0.984. The third-order valence-electron chi connectivity index (χ3n) is 4.41. The minimum absolute atomic E-state index is 0.0227. The van der Waals surface area contributed by atoms with Gasteiger partial charge in [0.1, 0.15) is 0 Å². The van der Waals surface area contributed by atoms with Crippen molar-refractivity contribution in [2.24, 2.45) is 0 Å². The summed E-state index contributed by atoms with van der Waals surface area (Å²) in [5, 5.41) is 0. The molecule has 0 bridgehead atoms. The summed E-state index contributed by atoms with van der Waals surface area (Å²) in [4.78, 5) is 14.5. The molecule has 2 aliphatic rings. The Balaban J connectivity index is 1.74. The Bertz CT molecular complexity index is 662. The Morgan fingerprint density at radius 3 is 2.78 bits per heavy atom. The highest BCUT2D eigenvalue weighted by molar-refractivity contribution is 7.88. The molecule has 0 saturated carbocycles. The van der Waals surface area contributed by atoms with Crippen LogP contribution in [0, 0.1) is 0 Å². The van der Waals surface area contributed by atoms with Crippen molar-refractivity contribution in [3.05, 3.63) is 35.9 Å². The van der Waals surface area contributed by atoms with Crippen molar-refractivity contribution in [2.75, 3.05) is 19.4 Å². The molecule has 1 aromatic rings. The summed E-state index contributed by atoms with van der Waals surface area (Å²) in [5.74, 6) is 0.0227. The quantitative estimate of drug-likeness (QED) is 0.869. The number of ether oxygens (including phenoxy) is 1. The molecule has 3 atom stereocenters. The smallest absolute Gasteiger partial charge is 0.227 e. The van der Waals surface area contributed by atoms with E-state index in [1.165, 1.54) is 0 Å². The highest BCUT2D eigenvalue weighted by Crippen LogP contribution is 2.29. The van der Waals surface area contributed by atoms with Crippen LogP contribution in [0.4, 0.5) is 0 Å². The van der Waals surface area contributed by atoms with Gasteiger partial charge in [0.15, 0.2) is 0 Å². The number of sulfonamides is 1. The molecule has 0 aliphatic carbocycles. The second-order valence-corrected chi connectivity index (χ2v) is 8.03. The number of hydrogen-bond acceptors (Lipinski definition) is 4. The van der Waals surface area contributed by atoms with E-state index in [1.54, 1.807) is 4.90 Å². The molecule has 23 heavy (non-hydrogen) atoms. The van der Waals surface area contributed by atoms with E-state index in [4.69, 9.17) is 4.74 Å². The van der Waals surface area contributed by atoms with Gasteiger partial charge < -0.3 is 9.64 Å². The van der Waals surface area contributed by atoms with Gasteiger partial charge in [-0.25, -0.2) is 13.1 Å². The summed E-state index contributed by atoms with van der Waals surface area (Å²) >= 11 is 0. The lowest BCUT2D eigenvalue weighted by Crippen LogP contribution is -2.47. The minimum Gasteiger partial charge on any atom is -0.374 e. The summed E-state index contributed by atoms with van der Waals surface area (Å²) in [7, 11) is -3.33. The van der Waals surface area contributed by atoms with E-state index >= 15 is 0 Å². The first kappa shape index (κ1) is 16.4. The predicted octanol–water partition coefficient (Wildman–Crippen LogP) is 0.537. The Labute approximate surface area is 136 Å². The third kappa shape index (κ3) is 3.91. The van der Waals surface area contributed by atoms with Crippen LogP contribution in [-0.4, -0.2) is 56.8 Å². The molecule has 7 heteroatoms. The number of nitrogens with zero attached hydrogens (tertiary/aromatic N) is 1. The lowest BCUT2D eigenvalue weighted by Gasteiger charge is -2.32. The number of likely N-dealkylation sites (tertiary alicyclic amines) is 1. The maximum atomic E-state index is 12.7. The number of rotatable bonds is 4. The fourth-order valence-corrected chi connectivity index (χ4v) is 4.25. The Kier molecular flexibility index (Phi) is 4.70. The molecule has 0 aromatic heterocycles. The minimum atomic E-state index is -3.33. The number of hydrogen-bond donors (Lipinski definition) is 1. The molecule has 2 saturated heterocycles. The molecule has 1 N–H and O–H groups in total. The molecule has 6 nitrogen and oxygen atoms in total. The van der Waals surface area contributed by atoms with E-state index in [-0.39, 0.29) is 24.1 Å². The second kappa shape index (κ2) is 6.59. The van der Waals surface area contributed by atoms with Gasteiger partial charge in [-0.15, -0.1) is 0 Å². The van der Waals surface area contributed by atoms with Crippen LogP contribution in [0.2, 0.25) is 0 Å². The fourth-order valence-electron chi connectivity index (χ4n) is 3.49. The van der Waals surface area contributed by atoms with Gasteiger partial charge in [-0.05, 0) is 18.4 Å². The van der Waals surface area contributed by atoms with Crippen molar-refractivity contribution in [3.8, 4) is 0 Å². The molecule has 2 fully saturated rings. The van der Waals surface area contributed by atoms with Gasteiger partial charge in [-0.1, -0.05) is 30.3 Å². The number of carbonyl (C=O) groups excluding carboxylic acids is 1. The fraction of sp³-hybridized carbons (Fsp3) is 0.562. The van der Waals surface area contributed by atoms with Gasteiger partial charge in [-0.3, -0.25) is 4.79 Å². The summed E-state index contributed by atoms with van der Waals surface area (Å²) in [6.07, 6.45) is 2.96. The van der Waals surface area contributed by atoms with E-state index in [9.17, 15) is 13.2 Å². The average molecular weight is 338 g/mol. The van der Waals surface area contributed by atoms with Gasteiger partial charge in [0.2, 0.25) is 15.9 Å². The van der Waals surface area contributed by atoms with Crippen LogP contribution in [0.3, 0.4) is 0 Å². The average Bonchev–Trinajstić information content (AvgIpc) is 2.86. The van der Waals surface area contributed by atoms with Gasteiger partial charge in [0.05, 0.1) is 30.9 Å². The Morgan fingerprint density at radius 1 is 1.35 bits per heavy atom. The van der Waals surface area contributed by atoms with E-state index in [0.717, 1.165) is 24.7 Å². The SMILES string of the molecule is CS(=O)(=O)N[C@@H]1CN(C(=O)Cc2ccccc2)[C@@H]2CCCO[C@@H]21. The molecule has 2 heterocycles. The van der Waals surface area contributed by atoms with Crippen LogP contribution in [0.5, 0.6) is 0 Å². The molecule has 1 aromatic carbocycles. The molecular formula is C16H22N2O4S. The Hall–Kier alpha value is -1.44. The van der Waals surface area contributed by atoms with Gasteiger partial charge in [0.25, 0.3) is 0 Å². The first-order valence-electron chi connectivity index (χ1n) is 7.86. The number of fused-ring (bicyclic) bond motifs is 1. The van der Waals surface area contributed by atoms with E-state index in [1.807, 2.05) is 30.3 Å². The molecule has 3 rings (SSSR count). The molecular weight excluding hydrogens is 316 g/mol. The molecule has 2 aliphatic heterocycles. The summed E-state index contributed by atoms with van der Waals surface area (Å²) in [5.41, 5.74) is 0.963. The van der Waals surface area contributed by atoms with Crippen molar-refractivity contribution in [2.45, 2.75) is 37.5 Å². The van der Waals surface area contributed by atoms with Crippen molar-refractivity contribution < 1.29 is 17.9 Å². The first-order chi connectivity index (χ1) is 10.9. The standard InChI is InChI=1S/C16H22N2O4S/c1-23(20,21)17-13-11-18(14-8-5-9-22-16(13)14)15(19)10-12-6-3-2-4-7-12/h2-4,6-7,13-14,16-17H,5,8-11H2,1H3/t13-,14-,16-/m1/s1. The highest BCUT2D eigenvalue weighted by atomic mass is 32.2. The van der Waals surface area contributed by atoms with Gasteiger partial charge in [0, 0.05) is 13.2 Å². The largest absolute Gasteiger partial charge is 0.374 e. The number of benzene rings is 1. The normalized spacial score (nSPS) is 27.7. The number of amides is 1. The maximum Gasteiger partial charge on any atom is 0.227 e. The zero-order chi connectivity index (χ0) is 16.4. The Morgan fingerprint density at radius 2 is 2.09 bits per heavy atom. The van der Waals surface area contributed by atoms with Crippen LogP contribution in [-0.2, 0) is 26.0 Å². The molecule has 0 spiro atoms. The molecule has 0 unspecified atom stereocenters. The monoisotopic (exact) mass is 338 g/mol. The summed E-state index contributed by atoms with van der Waals surface area (Å²) < 4.78 is 31.5. The summed E-state index contributed by atoms with van der Waals surface area (Å²) in [6, 6.07) is 9.18. The van der Waals surface area contributed by atoms with Crippen LogP contribution in [0.25, 0.3) is 0 Å². The molecule has 1 amide bonds. The molecule has 126 valence electrons. The van der Waals surface area contributed by atoms with Gasteiger partial charge >= 0.3 is 0 Å². The van der Waals surface area contributed by atoms with Crippen LogP contribution in [0.1, 0.15) is 18.4 Å². The number of carbonyl (C=O) groups is 1. The zero-order valence-electron chi connectivity index (χ0n) is 13.1. The highest BCUT2D eigenvalue weighted by Gasteiger charge is 2.46. The molecule has 0 radical (unpaired) electrons. The van der Waals surface area contributed by atoms with Crippen molar-refractivity contribution in [1.29, 1.82) is 0 Å². The van der Waals surface area contributed by atoms with Crippen molar-refractivity contribution >= 4 is 15.9 Å². The van der Waals surface area contributed by atoms with Crippen molar-refractivity contribution in [1.82, 2.24) is 9.62 Å². The predicted molar refractivity (Wildman–Crippen MR) is 86.4 cm³/mol. The van der Waals surface area contributed by atoms with E-state index in [0.29, 0.717) is 19.6 Å². The number of nitrogens with one attached hydrogen (secondary N) is 1. The van der Waals surface area contributed by atoms with Crippen LogP contribution in [0.15, 0.2) is 30.3 Å². The van der Waals surface area contributed by atoms with Gasteiger partial charge in [-0.2, -0.15) is 0 Å².